The molecule has 1 saturated heterocycles. The number of ether oxygens (including phenoxy) is 1. The molecule has 3 aromatic rings. The Hall–Kier alpha value is -2.23. The lowest BCUT2D eigenvalue weighted by molar-refractivity contribution is -0.143. The third kappa shape index (κ3) is 3.16. The number of thiazole rings is 1. The molecule has 3 aromatic heterocycles. The highest BCUT2D eigenvalue weighted by Gasteiger charge is 2.41. The largest absolute Gasteiger partial charge is 0.465 e. The van der Waals surface area contributed by atoms with Crippen LogP contribution in [0, 0.1) is 6.92 Å². The van der Waals surface area contributed by atoms with Gasteiger partial charge in [-0.05, 0) is 26.7 Å². The predicted octanol–water partition coefficient (Wildman–Crippen LogP) is 2.74. The maximum atomic E-state index is 12.4. The molecule has 5 heterocycles. The van der Waals surface area contributed by atoms with Gasteiger partial charge in [-0.3, -0.25) is 19.1 Å². The Morgan fingerprint density at radius 2 is 2.23 bits per heavy atom. The van der Waals surface area contributed by atoms with Crippen molar-refractivity contribution in [3.8, 4) is 0 Å². The van der Waals surface area contributed by atoms with Gasteiger partial charge in [0.2, 0.25) is 0 Å². The molecule has 0 amide bonds. The van der Waals surface area contributed by atoms with E-state index in [2.05, 4.69) is 15.0 Å². The van der Waals surface area contributed by atoms with Crippen molar-refractivity contribution in [1.29, 1.82) is 0 Å². The third-order valence-corrected chi connectivity index (χ3v) is 7.49. The minimum absolute atomic E-state index is 0.155. The second-order valence-corrected chi connectivity index (χ2v) is 9.22. The molecule has 0 radical (unpaired) electrons. The van der Waals surface area contributed by atoms with Gasteiger partial charge in [-0.25, -0.2) is 9.50 Å². The Labute approximate surface area is 182 Å². The minimum Gasteiger partial charge on any atom is -0.465 e. The Morgan fingerprint density at radius 1 is 1.40 bits per heavy atom. The number of aromatic nitrogens is 4. The van der Waals surface area contributed by atoms with Crippen molar-refractivity contribution in [2.24, 2.45) is 0 Å². The van der Waals surface area contributed by atoms with Gasteiger partial charge in [0, 0.05) is 42.9 Å². The van der Waals surface area contributed by atoms with Gasteiger partial charge in [-0.1, -0.05) is 22.9 Å². The van der Waals surface area contributed by atoms with Crippen molar-refractivity contribution in [3.05, 3.63) is 48.9 Å². The maximum Gasteiger partial charge on any atom is 0.326 e. The molecule has 8 nitrogen and oxygen atoms in total. The molecule has 158 valence electrons. The van der Waals surface area contributed by atoms with Crippen molar-refractivity contribution in [1.82, 2.24) is 24.1 Å². The van der Waals surface area contributed by atoms with Crippen LogP contribution in [0.2, 0.25) is 5.15 Å². The van der Waals surface area contributed by atoms with Gasteiger partial charge in [0.15, 0.2) is 5.65 Å². The lowest BCUT2D eigenvalue weighted by atomic mass is 9.99. The third-order valence-electron chi connectivity index (χ3n) is 5.98. The summed E-state index contributed by atoms with van der Waals surface area (Å²) in [5.41, 5.74) is 4.28. The quantitative estimate of drug-likeness (QED) is 0.559. The summed E-state index contributed by atoms with van der Waals surface area (Å²) in [4.78, 5) is 31.8. The Kier molecular flexibility index (Phi) is 4.91. The highest BCUT2D eigenvalue weighted by Crippen LogP contribution is 2.44. The summed E-state index contributed by atoms with van der Waals surface area (Å²) in [5, 5.41) is 4.96. The summed E-state index contributed by atoms with van der Waals surface area (Å²) in [6, 6.07) is 2.59. The second-order valence-electron chi connectivity index (χ2n) is 7.81. The van der Waals surface area contributed by atoms with Crippen molar-refractivity contribution in [2.45, 2.75) is 58.3 Å². The number of hydrogen-bond acceptors (Lipinski definition) is 7. The van der Waals surface area contributed by atoms with Crippen LogP contribution in [0.5, 0.6) is 0 Å². The molecular weight excluding hydrogens is 426 g/mol. The number of carbonyl (C=O) groups is 1. The van der Waals surface area contributed by atoms with Crippen LogP contribution in [0.25, 0.3) is 5.65 Å². The molecule has 2 aliphatic rings. The molecular formula is C20H22ClN5O3S. The number of halogens is 1. The van der Waals surface area contributed by atoms with Crippen LogP contribution in [0.1, 0.15) is 47.6 Å². The summed E-state index contributed by atoms with van der Waals surface area (Å²) in [7, 11) is 0. The zero-order chi connectivity index (χ0) is 21.0. The molecule has 0 N–H and O–H groups in total. The molecule has 2 aliphatic heterocycles. The van der Waals surface area contributed by atoms with E-state index in [1.54, 1.807) is 6.92 Å². The lowest BCUT2D eigenvalue weighted by Crippen LogP contribution is -2.38. The van der Waals surface area contributed by atoms with Crippen LogP contribution in [-0.2, 0) is 29.0 Å². The molecule has 1 fully saturated rings. The number of carbonyl (C=O) groups excluding carboxylic acids is 1. The summed E-state index contributed by atoms with van der Waals surface area (Å²) < 4.78 is 8.24. The fraction of sp³-hybridized carbons (Fsp3) is 0.500. The molecule has 2 atom stereocenters. The van der Waals surface area contributed by atoms with Crippen molar-refractivity contribution in [3.63, 3.8) is 0 Å². The Morgan fingerprint density at radius 3 is 3.03 bits per heavy atom. The van der Waals surface area contributed by atoms with E-state index in [1.807, 2.05) is 23.7 Å². The number of aryl methyl sites for hydroxylation is 1. The van der Waals surface area contributed by atoms with E-state index in [1.165, 1.54) is 15.8 Å². The molecule has 30 heavy (non-hydrogen) atoms. The Bertz CT molecular complexity index is 1200. The lowest BCUT2D eigenvalue weighted by Gasteiger charge is -2.35. The first-order chi connectivity index (χ1) is 14.5. The van der Waals surface area contributed by atoms with Gasteiger partial charge in [0.05, 0.1) is 22.9 Å². The number of fused-ring (bicyclic) bond motifs is 6. The molecule has 0 spiro atoms. The molecule has 10 heteroatoms. The molecule has 5 rings (SSSR count). The smallest absolute Gasteiger partial charge is 0.326 e. The molecule has 0 saturated carbocycles. The Balaban J connectivity index is 1.44. The van der Waals surface area contributed by atoms with Gasteiger partial charge in [0.1, 0.15) is 11.7 Å². The van der Waals surface area contributed by atoms with E-state index < -0.39 is 5.97 Å². The standard InChI is InChI=1S/C20H22ClN5O3S/c1-3-29-18(27)10-25-19(21)16(30-20(25)28)9-24-12-4-5-14(24)13-8-22-17-6-11(2)23-26(17)15(13)7-12/h6,8,12,14H,3-5,7,9-10H2,1-2H3/t12-,14+/m0/s1. The van der Waals surface area contributed by atoms with E-state index in [4.69, 9.17) is 16.3 Å². The summed E-state index contributed by atoms with van der Waals surface area (Å²) >= 11 is 7.61. The van der Waals surface area contributed by atoms with Crippen LogP contribution in [0.4, 0.5) is 0 Å². The monoisotopic (exact) mass is 447 g/mol. The summed E-state index contributed by atoms with van der Waals surface area (Å²) in [6.07, 6.45) is 4.99. The van der Waals surface area contributed by atoms with E-state index in [9.17, 15) is 9.59 Å². The number of esters is 1. The van der Waals surface area contributed by atoms with Gasteiger partial charge < -0.3 is 4.74 Å². The normalized spacial score (nSPS) is 20.6. The summed E-state index contributed by atoms with van der Waals surface area (Å²) in [5.74, 6) is -0.456. The molecule has 0 unspecified atom stereocenters. The van der Waals surface area contributed by atoms with Crippen molar-refractivity contribution < 1.29 is 9.53 Å². The van der Waals surface area contributed by atoms with Crippen molar-refractivity contribution in [2.75, 3.05) is 6.61 Å². The fourth-order valence-corrected chi connectivity index (χ4v) is 5.96. The number of nitrogens with zero attached hydrogens (tertiary/aromatic N) is 5. The van der Waals surface area contributed by atoms with Gasteiger partial charge in [0.25, 0.3) is 0 Å². The average molecular weight is 448 g/mol. The van der Waals surface area contributed by atoms with Crippen LogP contribution < -0.4 is 4.87 Å². The SMILES string of the molecule is CCOC(=O)Cn1c(Cl)c(CN2[C@H]3CC[C@@H]2c2cnc4cc(C)nn4c2C3)sc1=O. The van der Waals surface area contributed by atoms with E-state index >= 15 is 0 Å². The zero-order valence-electron chi connectivity index (χ0n) is 16.8. The van der Waals surface area contributed by atoms with Gasteiger partial charge in [-0.2, -0.15) is 5.10 Å². The van der Waals surface area contributed by atoms with Crippen molar-refractivity contribution >= 4 is 34.6 Å². The van der Waals surface area contributed by atoms with Crippen LogP contribution in [0.15, 0.2) is 17.1 Å². The van der Waals surface area contributed by atoms with E-state index in [-0.39, 0.29) is 24.1 Å². The maximum absolute atomic E-state index is 12.4. The second kappa shape index (κ2) is 7.47. The molecule has 0 aromatic carbocycles. The minimum atomic E-state index is -0.456. The van der Waals surface area contributed by atoms with Crippen LogP contribution in [-0.4, -0.2) is 42.7 Å². The summed E-state index contributed by atoms with van der Waals surface area (Å²) in [6.45, 7) is 4.42. The highest BCUT2D eigenvalue weighted by atomic mass is 35.5. The fourth-order valence-electron chi connectivity index (χ4n) is 4.71. The topological polar surface area (TPSA) is 81.7 Å². The van der Waals surface area contributed by atoms with Crippen LogP contribution >= 0.6 is 22.9 Å². The first-order valence-corrected chi connectivity index (χ1v) is 11.3. The number of hydrogen-bond donors (Lipinski definition) is 0. The zero-order valence-corrected chi connectivity index (χ0v) is 18.4. The molecule has 2 bridgehead atoms. The predicted molar refractivity (Wildman–Crippen MR) is 113 cm³/mol. The molecule has 0 aliphatic carbocycles. The highest BCUT2D eigenvalue weighted by molar-refractivity contribution is 7.09. The van der Waals surface area contributed by atoms with E-state index in [0.717, 1.165) is 46.8 Å². The first kappa shape index (κ1) is 19.7. The first-order valence-electron chi connectivity index (χ1n) is 10.1. The number of rotatable bonds is 5. The van der Waals surface area contributed by atoms with Gasteiger partial charge >= 0.3 is 10.8 Å². The van der Waals surface area contributed by atoms with Crippen LogP contribution in [0.3, 0.4) is 0 Å². The average Bonchev–Trinajstić information content (AvgIpc) is 3.30. The van der Waals surface area contributed by atoms with E-state index in [0.29, 0.717) is 17.7 Å². The van der Waals surface area contributed by atoms with Gasteiger partial charge in [-0.15, -0.1) is 0 Å².